The second-order valence-corrected chi connectivity index (χ2v) is 4.55. The van der Waals surface area contributed by atoms with Crippen molar-refractivity contribution in [3.05, 3.63) is 0 Å². The fourth-order valence-corrected chi connectivity index (χ4v) is 2.13. The number of nitrogens with two attached hydrogens (primary N) is 1. The second kappa shape index (κ2) is 6.41. The molecule has 0 radical (unpaired) electrons. The molecule has 0 saturated heterocycles. The highest BCUT2D eigenvalue weighted by molar-refractivity contribution is 4.91. The Balaban J connectivity index is 2.27. The van der Waals surface area contributed by atoms with Crippen LogP contribution >= 0.6 is 0 Å². The molecule has 1 saturated carbocycles. The molecule has 2 heteroatoms. The van der Waals surface area contributed by atoms with Gasteiger partial charge < -0.3 is 5.73 Å². The van der Waals surface area contributed by atoms with Crippen LogP contribution in [0.3, 0.4) is 0 Å². The molecule has 1 aliphatic carbocycles. The lowest BCUT2D eigenvalue weighted by molar-refractivity contribution is 0.101. The summed E-state index contributed by atoms with van der Waals surface area (Å²) in [5.41, 5.74) is 6.03. The van der Waals surface area contributed by atoms with Gasteiger partial charge in [-0.2, -0.15) is 0 Å². The monoisotopic (exact) mass is 198 g/mol. The molecule has 2 nitrogen and oxygen atoms in total. The Kier molecular flexibility index (Phi) is 5.49. The van der Waals surface area contributed by atoms with Gasteiger partial charge in [-0.25, -0.2) is 0 Å². The van der Waals surface area contributed by atoms with E-state index < -0.39 is 0 Å². The molecule has 0 aromatic heterocycles. The zero-order valence-corrected chi connectivity index (χ0v) is 9.84. The van der Waals surface area contributed by atoms with Crippen LogP contribution in [0.5, 0.6) is 0 Å². The lowest BCUT2D eigenvalue weighted by Gasteiger charge is -2.42. The third-order valence-corrected chi connectivity index (χ3v) is 3.36. The molecule has 0 spiro atoms. The minimum atomic E-state index is 0.462. The van der Waals surface area contributed by atoms with Gasteiger partial charge in [0.05, 0.1) is 0 Å². The Hall–Kier alpha value is -0.0800. The maximum absolute atomic E-state index is 6.03. The predicted molar refractivity (Wildman–Crippen MR) is 62.4 cm³/mol. The molecule has 1 aliphatic rings. The van der Waals surface area contributed by atoms with Crippen LogP contribution in [-0.2, 0) is 0 Å². The van der Waals surface area contributed by atoms with E-state index in [1.807, 2.05) is 0 Å². The van der Waals surface area contributed by atoms with Gasteiger partial charge in [-0.15, -0.1) is 0 Å². The van der Waals surface area contributed by atoms with Gasteiger partial charge in [0.25, 0.3) is 0 Å². The lowest BCUT2D eigenvalue weighted by atomic mass is 9.85. The summed E-state index contributed by atoms with van der Waals surface area (Å²) < 4.78 is 0. The summed E-state index contributed by atoms with van der Waals surface area (Å²) in [6, 6.07) is 1.16. The molecule has 0 bridgehead atoms. The van der Waals surface area contributed by atoms with Gasteiger partial charge in [0.15, 0.2) is 0 Å². The Morgan fingerprint density at radius 3 is 1.93 bits per heavy atom. The van der Waals surface area contributed by atoms with Crippen LogP contribution < -0.4 is 5.73 Å². The number of nitrogens with zero attached hydrogens (tertiary/aromatic N) is 1. The molecular weight excluding hydrogens is 172 g/mol. The van der Waals surface area contributed by atoms with Crippen LogP contribution in [0.4, 0.5) is 0 Å². The van der Waals surface area contributed by atoms with Crippen molar-refractivity contribution in [1.82, 2.24) is 4.90 Å². The molecule has 84 valence electrons. The van der Waals surface area contributed by atoms with Crippen molar-refractivity contribution in [1.29, 1.82) is 0 Å². The van der Waals surface area contributed by atoms with Crippen molar-refractivity contribution in [2.75, 3.05) is 13.1 Å². The van der Waals surface area contributed by atoms with Crippen LogP contribution in [0, 0.1) is 0 Å². The highest BCUT2D eigenvalue weighted by Crippen LogP contribution is 2.24. The first kappa shape index (κ1) is 12.0. The van der Waals surface area contributed by atoms with Crippen LogP contribution in [0.25, 0.3) is 0 Å². The lowest BCUT2D eigenvalue weighted by Crippen LogP contribution is -2.55. The second-order valence-electron chi connectivity index (χ2n) is 4.55. The van der Waals surface area contributed by atoms with Crippen molar-refractivity contribution in [2.45, 2.75) is 64.5 Å². The Morgan fingerprint density at radius 1 is 1.07 bits per heavy atom. The van der Waals surface area contributed by atoms with Gasteiger partial charge in [-0.3, -0.25) is 4.90 Å². The number of hydrogen-bond acceptors (Lipinski definition) is 2. The third kappa shape index (κ3) is 3.25. The van der Waals surface area contributed by atoms with Crippen molar-refractivity contribution >= 4 is 0 Å². The molecule has 0 aromatic rings. The fourth-order valence-electron chi connectivity index (χ4n) is 2.13. The molecule has 2 unspecified atom stereocenters. The summed E-state index contributed by atoms with van der Waals surface area (Å²) in [5.74, 6) is 0. The van der Waals surface area contributed by atoms with E-state index in [0.717, 1.165) is 0 Å². The summed E-state index contributed by atoms with van der Waals surface area (Å²) in [7, 11) is 0. The van der Waals surface area contributed by atoms with E-state index in [-0.39, 0.29) is 0 Å². The maximum Gasteiger partial charge on any atom is 0.0247 e. The van der Waals surface area contributed by atoms with E-state index in [9.17, 15) is 0 Å². The minimum Gasteiger partial charge on any atom is -0.326 e. The summed E-state index contributed by atoms with van der Waals surface area (Å²) in [6.45, 7) is 7.04. The zero-order valence-electron chi connectivity index (χ0n) is 9.84. The predicted octanol–water partition coefficient (Wildman–Crippen LogP) is 2.38. The van der Waals surface area contributed by atoms with Crippen molar-refractivity contribution in [2.24, 2.45) is 5.73 Å². The SMILES string of the molecule is CCCCN(CCCC)C1CCC1N. The summed E-state index contributed by atoms with van der Waals surface area (Å²) in [4.78, 5) is 2.63. The smallest absolute Gasteiger partial charge is 0.0247 e. The number of hydrogen-bond donors (Lipinski definition) is 1. The van der Waals surface area contributed by atoms with Crippen LogP contribution in [0.1, 0.15) is 52.4 Å². The average Bonchev–Trinajstić information content (AvgIpc) is 2.19. The largest absolute Gasteiger partial charge is 0.326 e. The molecule has 14 heavy (non-hydrogen) atoms. The van der Waals surface area contributed by atoms with Crippen molar-refractivity contribution < 1.29 is 0 Å². The molecule has 0 amide bonds. The molecule has 0 aromatic carbocycles. The first-order valence-electron chi connectivity index (χ1n) is 6.29. The molecular formula is C12H26N2. The molecule has 2 atom stereocenters. The quantitative estimate of drug-likeness (QED) is 0.680. The van der Waals surface area contributed by atoms with Crippen LogP contribution in [0.15, 0.2) is 0 Å². The van der Waals surface area contributed by atoms with Gasteiger partial charge in [0, 0.05) is 12.1 Å². The highest BCUT2D eigenvalue weighted by Gasteiger charge is 2.31. The topological polar surface area (TPSA) is 29.3 Å². The first-order chi connectivity index (χ1) is 6.79. The zero-order chi connectivity index (χ0) is 10.4. The van der Waals surface area contributed by atoms with Gasteiger partial charge in [0.1, 0.15) is 0 Å². The molecule has 1 fully saturated rings. The van der Waals surface area contributed by atoms with Gasteiger partial charge in [-0.05, 0) is 38.8 Å². The molecule has 0 aliphatic heterocycles. The standard InChI is InChI=1S/C12H26N2/c1-3-5-9-14(10-6-4-2)12-8-7-11(12)13/h11-12H,3-10,13H2,1-2H3. The Bertz CT molecular complexity index is 139. The van der Waals surface area contributed by atoms with E-state index in [2.05, 4.69) is 18.7 Å². The number of unbranched alkanes of at least 4 members (excludes halogenated alkanes) is 2. The van der Waals surface area contributed by atoms with E-state index in [4.69, 9.17) is 5.73 Å². The van der Waals surface area contributed by atoms with E-state index in [0.29, 0.717) is 12.1 Å². The third-order valence-electron chi connectivity index (χ3n) is 3.36. The maximum atomic E-state index is 6.03. The summed E-state index contributed by atoms with van der Waals surface area (Å²) in [5, 5.41) is 0. The van der Waals surface area contributed by atoms with Crippen molar-refractivity contribution in [3.63, 3.8) is 0 Å². The van der Waals surface area contributed by atoms with E-state index in [1.165, 1.54) is 51.6 Å². The molecule has 2 N–H and O–H groups in total. The Morgan fingerprint density at radius 2 is 1.64 bits per heavy atom. The normalized spacial score (nSPS) is 26.6. The van der Waals surface area contributed by atoms with Crippen LogP contribution in [0.2, 0.25) is 0 Å². The minimum absolute atomic E-state index is 0.462. The van der Waals surface area contributed by atoms with E-state index in [1.54, 1.807) is 0 Å². The molecule has 1 rings (SSSR count). The summed E-state index contributed by atoms with van der Waals surface area (Å²) in [6.07, 6.45) is 7.81. The fraction of sp³-hybridized carbons (Fsp3) is 1.00. The van der Waals surface area contributed by atoms with Crippen LogP contribution in [-0.4, -0.2) is 30.1 Å². The van der Waals surface area contributed by atoms with Gasteiger partial charge in [-0.1, -0.05) is 26.7 Å². The first-order valence-corrected chi connectivity index (χ1v) is 6.29. The van der Waals surface area contributed by atoms with Gasteiger partial charge >= 0.3 is 0 Å². The van der Waals surface area contributed by atoms with Crippen molar-refractivity contribution in [3.8, 4) is 0 Å². The summed E-state index contributed by atoms with van der Waals surface area (Å²) >= 11 is 0. The average molecular weight is 198 g/mol. The highest BCUT2D eigenvalue weighted by atomic mass is 15.2. The Labute approximate surface area is 88.8 Å². The number of rotatable bonds is 7. The van der Waals surface area contributed by atoms with E-state index >= 15 is 0 Å². The van der Waals surface area contributed by atoms with Gasteiger partial charge in [0.2, 0.25) is 0 Å². The molecule has 0 heterocycles.